The lowest BCUT2D eigenvalue weighted by Gasteiger charge is -2.33. The molecule has 4 nitrogen and oxygen atoms in total. The van der Waals surface area contributed by atoms with Gasteiger partial charge < -0.3 is 10.1 Å². The molecule has 1 aliphatic heterocycles. The van der Waals surface area contributed by atoms with Crippen LogP contribution in [0.1, 0.15) is 47.0 Å². The summed E-state index contributed by atoms with van der Waals surface area (Å²) in [6.45, 7) is 8.73. The maximum Gasteiger partial charge on any atom is 0.329 e. The van der Waals surface area contributed by atoms with Gasteiger partial charge in [-0.15, -0.1) is 0 Å². The van der Waals surface area contributed by atoms with Gasteiger partial charge >= 0.3 is 5.97 Å². The summed E-state index contributed by atoms with van der Waals surface area (Å²) < 4.78 is 5.12. The van der Waals surface area contributed by atoms with Crippen LogP contribution in [0.2, 0.25) is 0 Å². The van der Waals surface area contributed by atoms with Crippen molar-refractivity contribution >= 4 is 11.9 Å². The number of ether oxygens (including phenoxy) is 1. The van der Waals surface area contributed by atoms with Gasteiger partial charge in [-0.05, 0) is 31.1 Å². The Balaban J connectivity index is 2.29. The minimum absolute atomic E-state index is 0.0161. The van der Waals surface area contributed by atoms with Crippen molar-refractivity contribution in [3.63, 3.8) is 0 Å². The van der Waals surface area contributed by atoms with Gasteiger partial charge in [0.05, 0.1) is 6.61 Å². The molecule has 1 spiro atoms. The molecule has 3 atom stereocenters. The Kier molecular flexibility index (Phi) is 3.16. The average molecular weight is 253 g/mol. The number of carbonyl (C=O) groups excluding carboxylic acids is 2. The third-order valence-electron chi connectivity index (χ3n) is 4.54. The quantitative estimate of drug-likeness (QED) is 0.764. The normalized spacial score (nSPS) is 37.9. The minimum atomic E-state index is -0.457. The molecular weight excluding hydrogens is 230 g/mol. The standard InChI is InChI=1S/C14H23NO3/c1-5-18-12(17)11-14(7-10(16)15-11)8-13(3,4)6-9(14)2/h9,11H,5-8H2,1-4H3,(H,15,16). The fraction of sp³-hybridized carbons (Fsp3) is 0.857. The van der Waals surface area contributed by atoms with Crippen LogP contribution in [0.25, 0.3) is 0 Å². The molecule has 1 amide bonds. The Morgan fingerprint density at radius 2 is 2.17 bits per heavy atom. The molecule has 0 aromatic heterocycles. The third kappa shape index (κ3) is 2.02. The van der Waals surface area contributed by atoms with E-state index in [0.717, 1.165) is 12.8 Å². The summed E-state index contributed by atoms with van der Waals surface area (Å²) in [5.41, 5.74) is -0.0523. The fourth-order valence-corrected chi connectivity index (χ4v) is 4.07. The van der Waals surface area contributed by atoms with E-state index >= 15 is 0 Å². The summed E-state index contributed by atoms with van der Waals surface area (Å²) in [5.74, 6) is 0.0753. The largest absolute Gasteiger partial charge is 0.464 e. The van der Waals surface area contributed by atoms with E-state index in [9.17, 15) is 9.59 Å². The Morgan fingerprint density at radius 3 is 2.67 bits per heavy atom. The molecule has 1 saturated carbocycles. The van der Waals surface area contributed by atoms with Crippen molar-refractivity contribution in [2.75, 3.05) is 6.61 Å². The van der Waals surface area contributed by atoms with Crippen LogP contribution in [0.15, 0.2) is 0 Å². The average Bonchev–Trinajstić information content (AvgIpc) is 2.65. The first-order valence-corrected chi connectivity index (χ1v) is 6.77. The molecule has 1 aliphatic carbocycles. The topological polar surface area (TPSA) is 55.4 Å². The first-order chi connectivity index (χ1) is 8.31. The van der Waals surface area contributed by atoms with Crippen LogP contribution in [0, 0.1) is 16.7 Å². The van der Waals surface area contributed by atoms with Crippen LogP contribution in [0.3, 0.4) is 0 Å². The van der Waals surface area contributed by atoms with Crippen LogP contribution in [0.4, 0.5) is 0 Å². The molecule has 18 heavy (non-hydrogen) atoms. The van der Waals surface area contributed by atoms with E-state index in [2.05, 4.69) is 26.1 Å². The molecule has 102 valence electrons. The molecule has 1 N–H and O–H groups in total. The van der Waals surface area contributed by atoms with E-state index in [1.54, 1.807) is 6.92 Å². The van der Waals surface area contributed by atoms with Crippen molar-refractivity contribution in [3.8, 4) is 0 Å². The Morgan fingerprint density at radius 1 is 1.50 bits per heavy atom. The number of hydrogen-bond donors (Lipinski definition) is 1. The molecule has 2 fully saturated rings. The van der Waals surface area contributed by atoms with Crippen LogP contribution >= 0.6 is 0 Å². The summed E-state index contributed by atoms with van der Waals surface area (Å²) in [6.07, 6.45) is 2.42. The van der Waals surface area contributed by atoms with E-state index in [1.165, 1.54) is 0 Å². The Labute approximate surface area is 108 Å². The first kappa shape index (κ1) is 13.4. The van der Waals surface area contributed by atoms with Crippen molar-refractivity contribution in [2.24, 2.45) is 16.7 Å². The van der Waals surface area contributed by atoms with Crippen molar-refractivity contribution < 1.29 is 14.3 Å². The molecule has 0 radical (unpaired) electrons. The smallest absolute Gasteiger partial charge is 0.329 e. The Bertz CT molecular complexity index is 377. The number of rotatable bonds is 2. The SMILES string of the molecule is CCOC(=O)C1NC(=O)CC12CC(C)(C)CC2C. The highest BCUT2D eigenvalue weighted by Gasteiger charge is 2.60. The molecule has 2 rings (SSSR count). The zero-order valence-corrected chi connectivity index (χ0v) is 11.7. The van der Waals surface area contributed by atoms with Gasteiger partial charge in [-0.3, -0.25) is 4.79 Å². The van der Waals surface area contributed by atoms with Gasteiger partial charge in [-0.25, -0.2) is 4.79 Å². The molecule has 0 aromatic carbocycles. The van der Waals surface area contributed by atoms with Gasteiger partial charge in [-0.1, -0.05) is 20.8 Å². The summed E-state index contributed by atoms with van der Waals surface area (Å²) in [7, 11) is 0. The highest BCUT2D eigenvalue weighted by Crippen LogP contribution is 2.58. The second-order valence-corrected chi connectivity index (χ2v) is 6.61. The number of carbonyl (C=O) groups is 2. The Hall–Kier alpha value is -1.06. The summed E-state index contributed by atoms with van der Waals surface area (Å²) in [5, 5.41) is 2.83. The van der Waals surface area contributed by atoms with Gasteiger partial charge in [0.25, 0.3) is 0 Å². The van der Waals surface area contributed by atoms with Crippen molar-refractivity contribution in [2.45, 2.75) is 53.0 Å². The summed E-state index contributed by atoms with van der Waals surface area (Å²) in [6, 6.07) is -0.457. The number of hydrogen-bond acceptors (Lipinski definition) is 3. The molecule has 0 aromatic rings. The predicted molar refractivity (Wildman–Crippen MR) is 67.8 cm³/mol. The van der Waals surface area contributed by atoms with E-state index in [0.29, 0.717) is 18.9 Å². The minimum Gasteiger partial charge on any atom is -0.464 e. The molecule has 4 heteroatoms. The first-order valence-electron chi connectivity index (χ1n) is 6.77. The van der Waals surface area contributed by atoms with Crippen LogP contribution in [-0.2, 0) is 14.3 Å². The van der Waals surface area contributed by atoms with Gasteiger partial charge in [0.2, 0.25) is 5.91 Å². The highest BCUT2D eigenvalue weighted by molar-refractivity contribution is 5.90. The third-order valence-corrected chi connectivity index (χ3v) is 4.54. The lowest BCUT2D eigenvalue weighted by molar-refractivity contribution is -0.149. The maximum atomic E-state index is 12.1. The number of amides is 1. The lowest BCUT2D eigenvalue weighted by Crippen LogP contribution is -2.46. The van der Waals surface area contributed by atoms with Crippen LogP contribution in [0.5, 0.6) is 0 Å². The van der Waals surface area contributed by atoms with Crippen molar-refractivity contribution in [3.05, 3.63) is 0 Å². The van der Waals surface area contributed by atoms with Crippen LogP contribution < -0.4 is 5.32 Å². The fourth-order valence-electron chi connectivity index (χ4n) is 4.07. The second kappa shape index (κ2) is 4.25. The van der Waals surface area contributed by atoms with E-state index in [-0.39, 0.29) is 22.7 Å². The van der Waals surface area contributed by atoms with Gasteiger partial charge in [0, 0.05) is 11.8 Å². The maximum absolute atomic E-state index is 12.1. The number of nitrogens with one attached hydrogen (secondary N) is 1. The predicted octanol–water partition coefficient (Wildman–Crippen LogP) is 1.88. The molecule has 1 heterocycles. The second-order valence-electron chi connectivity index (χ2n) is 6.61. The van der Waals surface area contributed by atoms with Gasteiger partial charge in [0.1, 0.15) is 6.04 Å². The molecular formula is C14H23NO3. The van der Waals surface area contributed by atoms with E-state index < -0.39 is 6.04 Å². The highest BCUT2D eigenvalue weighted by atomic mass is 16.5. The molecule has 2 aliphatic rings. The zero-order chi connectivity index (χ0) is 13.6. The van der Waals surface area contributed by atoms with Gasteiger partial charge in [-0.2, -0.15) is 0 Å². The van der Waals surface area contributed by atoms with E-state index in [4.69, 9.17) is 4.74 Å². The van der Waals surface area contributed by atoms with Gasteiger partial charge in [0.15, 0.2) is 0 Å². The molecule has 1 saturated heterocycles. The summed E-state index contributed by atoms with van der Waals surface area (Å²) in [4.78, 5) is 23.8. The van der Waals surface area contributed by atoms with Crippen LogP contribution in [-0.4, -0.2) is 24.5 Å². The van der Waals surface area contributed by atoms with Crippen molar-refractivity contribution in [1.82, 2.24) is 5.32 Å². The number of esters is 1. The molecule has 3 unspecified atom stereocenters. The monoisotopic (exact) mass is 253 g/mol. The van der Waals surface area contributed by atoms with Crippen molar-refractivity contribution in [1.29, 1.82) is 0 Å². The molecule has 0 bridgehead atoms. The van der Waals surface area contributed by atoms with E-state index in [1.807, 2.05) is 0 Å². The zero-order valence-electron chi connectivity index (χ0n) is 11.7. The lowest BCUT2D eigenvalue weighted by atomic mass is 9.71. The summed E-state index contributed by atoms with van der Waals surface area (Å²) >= 11 is 0.